The van der Waals surface area contributed by atoms with Gasteiger partial charge in [0.05, 0.1) is 27.0 Å². The van der Waals surface area contributed by atoms with Gasteiger partial charge in [0.25, 0.3) is 0 Å². The predicted octanol–water partition coefficient (Wildman–Crippen LogP) is 2.47. The molecular formula is C20H21N5O4. The molecule has 1 aliphatic heterocycles. The first-order valence-electron chi connectivity index (χ1n) is 9.05. The standard InChI is InChI=1S/C20H21N5O4/c1-11-19-13(12-5-6-14(27-2)15(9-12)28-3)10-17(26)21-20(19)25(24-11)16-7-8-18(29-4)23-22-16/h5-9,13H,10H2,1-4H3,(H,21,26). The average Bonchev–Trinajstić information content (AvgIpc) is 3.08. The van der Waals surface area contributed by atoms with Crippen LogP contribution in [0.4, 0.5) is 5.82 Å². The number of ether oxygens (including phenoxy) is 3. The van der Waals surface area contributed by atoms with E-state index in [-0.39, 0.29) is 11.8 Å². The van der Waals surface area contributed by atoms with Gasteiger partial charge in [-0.1, -0.05) is 6.07 Å². The third-order valence-corrected chi connectivity index (χ3v) is 4.96. The second kappa shape index (κ2) is 7.42. The van der Waals surface area contributed by atoms with Crippen LogP contribution in [0.25, 0.3) is 5.82 Å². The Labute approximate surface area is 167 Å². The number of hydrogen-bond acceptors (Lipinski definition) is 7. The lowest BCUT2D eigenvalue weighted by atomic mass is 9.85. The third-order valence-electron chi connectivity index (χ3n) is 4.96. The number of nitrogens with zero attached hydrogens (tertiary/aromatic N) is 4. The quantitative estimate of drug-likeness (QED) is 0.708. The number of fused-ring (bicyclic) bond motifs is 1. The van der Waals surface area contributed by atoms with Crippen molar-refractivity contribution in [2.75, 3.05) is 26.6 Å². The van der Waals surface area contributed by atoms with E-state index in [0.29, 0.717) is 35.4 Å². The van der Waals surface area contributed by atoms with E-state index >= 15 is 0 Å². The number of carbonyl (C=O) groups is 1. The summed E-state index contributed by atoms with van der Waals surface area (Å²) in [6, 6.07) is 9.12. The molecule has 0 spiro atoms. The molecule has 29 heavy (non-hydrogen) atoms. The van der Waals surface area contributed by atoms with Crippen LogP contribution in [0, 0.1) is 6.92 Å². The highest BCUT2D eigenvalue weighted by Gasteiger charge is 2.33. The summed E-state index contributed by atoms with van der Waals surface area (Å²) in [6.45, 7) is 1.91. The summed E-state index contributed by atoms with van der Waals surface area (Å²) < 4.78 is 17.4. The maximum absolute atomic E-state index is 12.5. The molecule has 1 unspecified atom stereocenters. The summed E-state index contributed by atoms with van der Waals surface area (Å²) in [6.07, 6.45) is 0.309. The van der Waals surface area contributed by atoms with Crippen molar-refractivity contribution in [3.8, 4) is 23.2 Å². The summed E-state index contributed by atoms with van der Waals surface area (Å²) in [5.41, 5.74) is 2.69. The lowest BCUT2D eigenvalue weighted by molar-refractivity contribution is -0.116. The van der Waals surface area contributed by atoms with Crippen LogP contribution in [-0.2, 0) is 4.79 Å². The highest BCUT2D eigenvalue weighted by atomic mass is 16.5. The zero-order valence-corrected chi connectivity index (χ0v) is 16.6. The van der Waals surface area contributed by atoms with E-state index in [1.807, 2.05) is 25.1 Å². The second-order valence-electron chi connectivity index (χ2n) is 6.61. The van der Waals surface area contributed by atoms with Crippen LogP contribution in [0.1, 0.15) is 29.2 Å². The lowest BCUT2D eigenvalue weighted by Gasteiger charge is -2.24. The van der Waals surface area contributed by atoms with Gasteiger partial charge >= 0.3 is 0 Å². The van der Waals surface area contributed by atoms with Crippen molar-refractivity contribution in [2.24, 2.45) is 0 Å². The van der Waals surface area contributed by atoms with Gasteiger partial charge in [-0.25, -0.2) is 0 Å². The number of aromatic nitrogens is 4. The number of anilines is 1. The molecule has 1 aliphatic rings. The van der Waals surface area contributed by atoms with Crippen molar-refractivity contribution in [3.63, 3.8) is 0 Å². The Hall–Kier alpha value is -3.62. The van der Waals surface area contributed by atoms with Gasteiger partial charge in [0.15, 0.2) is 17.3 Å². The van der Waals surface area contributed by atoms with Crippen molar-refractivity contribution in [1.29, 1.82) is 0 Å². The minimum absolute atomic E-state index is 0.0973. The average molecular weight is 395 g/mol. The summed E-state index contributed by atoms with van der Waals surface area (Å²) in [7, 11) is 4.71. The normalized spacial score (nSPS) is 15.4. The molecule has 4 rings (SSSR count). The van der Waals surface area contributed by atoms with Gasteiger partial charge in [-0.2, -0.15) is 9.78 Å². The van der Waals surface area contributed by atoms with Gasteiger partial charge in [0, 0.05) is 24.0 Å². The molecule has 0 saturated carbocycles. The van der Waals surface area contributed by atoms with Gasteiger partial charge in [-0.05, 0) is 30.7 Å². The molecule has 1 atom stereocenters. The molecule has 0 saturated heterocycles. The maximum atomic E-state index is 12.5. The largest absolute Gasteiger partial charge is 0.493 e. The fourth-order valence-corrected chi connectivity index (χ4v) is 3.60. The fraction of sp³-hybridized carbons (Fsp3) is 0.300. The minimum Gasteiger partial charge on any atom is -0.493 e. The number of amides is 1. The monoisotopic (exact) mass is 395 g/mol. The molecule has 9 nitrogen and oxygen atoms in total. The molecule has 0 radical (unpaired) electrons. The van der Waals surface area contributed by atoms with Gasteiger partial charge in [0.2, 0.25) is 11.8 Å². The first kappa shape index (κ1) is 18.7. The van der Waals surface area contributed by atoms with Crippen molar-refractivity contribution in [1.82, 2.24) is 20.0 Å². The number of benzene rings is 1. The Bertz CT molecular complexity index is 1060. The summed E-state index contributed by atoms with van der Waals surface area (Å²) in [4.78, 5) is 12.5. The van der Waals surface area contributed by atoms with Gasteiger partial charge in [-0.3, -0.25) is 4.79 Å². The van der Waals surface area contributed by atoms with Crippen LogP contribution in [0.2, 0.25) is 0 Å². The van der Waals surface area contributed by atoms with Crippen molar-refractivity contribution in [3.05, 3.63) is 47.2 Å². The fourth-order valence-electron chi connectivity index (χ4n) is 3.60. The van der Waals surface area contributed by atoms with E-state index in [1.165, 1.54) is 7.11 Å². The maximum Gasteiger partial charge on any atom is 0.233 e. The molecule has 150 valence electrons. The molecule has 9 heteroatoms. The molecule has 1 aromatic carbocycles. The van der Waals surface area contributed by atoms with Crippen LogP contribution in [0.15, 0.2) is 30.3 Å². The predicted molar refractivity (Wildman–Crippen MR) is 105 cm³/mol. The topological polar surface area (TPSA) is 100 Å². The van der Waals surface area contributed by atoms with Crippen molar-refractivity contribution in [2.45, 2.75) is 19.3 Å². The summed E-state index contributed by atoms with van der Waals surface area (Å²) >= 11 is 0. The first-order chi connectivity index (χ1) is 14.0. The van der Waals surface area contributed by atoms with Gasteiger partial charge < -0.3 is 19.5 Å². The molecule has 0 aliphatic carbocycles. The van der Waals surface area contributed by atoms with Crippen LogP contribution < -0.4 is 19.5 Å². The zero-order chi connectivity index (χ0) is 20.5. The van der Waals surface area contributed by atoms with E-state index < -0.39 is 0 Å². The second-order valence-corrected chi connectivity index (χ2v) is 6.61. The number of rotatable bonds is 5. The highest BCUT2D eigenvalue weighted by molar-refractivity contribution is 5.95. The highest BCUT2D eigenvalue weighted by Crippen LogP contribution is 2.42. The van der Waals surface area contributed by atoms with Crippen molar-refractivity contribution < 1.29 is 19.0 Å². The smallest absolute Gasteiger partial charge is 0.233 e. The summed E-state index contributed by atoms with van der Waals surface area (Å²) in [5.74, 6) is 2.47. The van der Waals surface area contributed by atoms with Gasteiger partial charge in [-0.15, -0.1) is 10.2 Å². The number of methoxy groups -OCH3 is 3. The molecule has 2 aromatic heterocycles. The Balaban J connectivity index is 1.81. The number of nitrogens with one attached hydrogen (secondary N) is 1. The number of carbonyl (C=O) groups excluding carboxylic acids is 1. The van der Waals surface area contributed by atoms with Crippen molar-refractivity contribution >= 4 is 11.7 Å². The SMILES string of the molecule is COc1ccc(-n2nc(C)c3c2NC(=O)CC3c2ccc(OC)c(OC)c2)nn1. The molecule has 0 fully saturated rings. The van der Waals surface area contributed by atoms with Crippen LogP contribution in [0.3, 0.4) is 0 Å². The molecule has 3 heterocycles. The van der Waals surface area contributed by atoms with Crippen LogP contribution >= 0.6 is 0 Å². The Morgan fingerprint density at radius 2 is 1.83 bits per heavy atom. The molecule has 3 aromatic rings. The Morgan fingerprint density at radius 3 is 2.48 bits per heavy atom. The Morgan fingerprint density at radius 1 is 1.03 bits per heavy atom. The molecular weight excluding hydrogens is 374 g/mol. The first-order valence-corrected chi connectivity index (χ1v) is 9.05. The Kier molecular flexibility index (Phi) is 4.79. The van der Waals surface area contributed by atoms with E-state index in [9.17, 15) is 4.79 Å². The molecule has 0 bridgehead atoms. The van der Waals surface area contributed by atoms with E-state index in [0.717, 1.165) is 16.8 Å². The molecule has 1 amide bonds. The molecule has 1 N–H and O–H groups in total. The van der Waals surface area contributed by atoms with E-state index in [1.54, 1.807) is 31.0 Å². The third kappa shape index (κ3) is 3.24. The van der Waals surface area contributed by atoms with Gasteiger partial charge in [0.1, 0.15) is 5.82 Å². The van der Waals surface area contributed by atoms with Crippen LogP contribution in [-0.4, -0.2) is 47.2 Å². The number of hydrogen-bond donors (Lipinski definition) is 1. The van der Waals surface area contributed by atoms with E-state index in [4.69, 9.17) is 14.2 Å². The van der Waals surface area contributed by atoms with E-state index in [2.05, 4.69) is 20.6 Å². The lowest BCUT2D eigenvalue weighted by Crippen LogP contribution is -2.25. The zero-order valence-electron chi connectivity index (χ0n) is 16.6. The summed E-state index contributed by atoms with van der Waals surface area (Å²) in [5, 5.41) is 15.7. The number of aryl methyl sites for hydroxylation is 1. The van der Waals surface area contributed by atoms with Crippen LogP contribution in [0.5, 0.6) is 17.4 Å². The minimum atomic E-state index is -0.168.